The van der Waals surface area contributed by atoms with Crippen LogP contribution >= 0.6 is 23.2 Å². The van der Waals surface area contributed by atoms with Crippen molar-refractivity contribution in [2.45, 2.75) is 13.5 Å². The van der Waals surface area contributed by atoms with Crippen LogP contribution in [0.5, 0.6) is 0 Å². The molecule has 0 heterocycles. The predicted molar refractivity (Wildman–Crippen MR) is 118 cm³/mol. The Morgan fingerprint density at radius 1 is 0.963 bits per heavy atom. The Kier molecular flexibility index (Phi) is 6.38. The third-order valence-corrected chi connectivity index (χ3v) is 4.91. The zero-order chi connectivity index (χ0) is 19.2. The summed E-state index contributed by atoms with van der Waals surface area (Å²) in [4.78, 5) is 6.77. The lowest BCUT2D eigenvalue weighted by molar-refractivity contribution is 0.832. The Hall–Kier alpha value is -2.49. The maximum atomic E-state index is 6.05. The highest BCUT2D eigenvalue weighted by molar-refractivity contribution is 6.39. The Labute approximate surface area is 170 Å². The Balaban J connectivity index is 1.72. The molecular formula is C22H21Cl2N3. The van der Waals surface area contributed by atoms with Gasteiger partial charge in [-0.15, -0.1) is 0 Å². The molecule has 5 heteroatoms. The fraction of sp³-hybridized carbons (Fsp3) is 0.136. The smallest absolute Gasteiger partial charge is 0.0694 e. The summed E-state index contributed by atoms with van der Waals surface area (Å²) in [7, 11) is 0. The maximum absolute atomic E-state index is 6.05. The number of nitrogen functional groups attached to an aromatic ring is 1. The van der Waals surface area contributed by atoms with E-state index >= 15 is 0 Å². The third-order valence-electron chi connectivity index (χ3n) is 4.28. The highest BCUT2D eigenvalue weighted by atomic mass is 35.5. The van der Waals surface area contributed by atoms with Crippen LogP contribution in [0.4, 0.5) is 17.1 Å². The van der Waals surface area contributed by atoms with E-state index in [-0.39, 0.29) is 0 Å². The summed E-state index contributed by atoms with van der Waals surface area (Å²) < 4.78 is 0. The molecule has 0 fully saturated rings. The molecule has 0 aliphatic rings. The van der Waals surface area contributed by atoms with Gasteiger partial charge in [0.1, 0.15) is 0 Å². The van der Waals surface area contributed by atoms with Crippen LogP contribution < -0.4 is 10.6 Å². The van der Waals surface area contributed by atoms with Gasteiger partial charge in [-0.05, 0) is 42.3 Å². The van der Waals surface area contributed by atoms with Gasteiger partial charge in [0.25, 0.3) is 0 Å². The van der Waals surface area contributed by atoms with Gasteiger partial charge in [0.2, 0.25) is 0 Å². The fourth-order valence-corrected chi connectivity index (χ4v) is 3.23. The first-order valence-corrected chi connectivity index (χ1v) is 9.50. The summed E-state index contributed by atoms with van der Waals surface area (Å²) in [6.45, 7) is 3.98. The van der Waals surface area contributed by atoms with Crippen LogP contribution in [0.25, 0.3) is 0 Å². The molecule has 3 aromatic rings. The van der Waals surface area contributed by atoms with E-state index < -0.39 is 0 Å². The van der Waals surface area contributed by atoms with Crippen LogP contribution in [0.15, 0.2) is 71.7 Å². The summed E-state index contributed by atoms with van der Waals surface area (Å²) in [5.41, 5.74) is 10.3. The first kappa shape index (κ1) is 19.3. The summed E-state index contributed by atoms with van der Waals surface area (Å²) >= 11 is 12.1. The van der Waals surface area contributed by atoms with Crippen molar-refractivity contribution in [3.05, 3.63) is 87.9 Å². The molecule has 2 N–H and O–H groups in total. The highest BCUT2D eigenvalue weighted by Crippen LogP contribution is 2.32. The van der Waals surface area contributed by atoms with Crippen molar-refractivity contribution in [3.8, 4) is 0 Å². The summed E-state index contributed by atoms with van der Waals surface area (Å²) in [5.74, 6) is 0. The first-order chi connectivity index (χ1) is 13.1. The van der Waals surface area contributed by atoms with Gasteiger partial charge >= 0.3 is 0 Å². The minimum atomic E-state index is 0.375. The molecule has 138 valence electrons. The normalized spacial score (nSPS) is 11.1. The van der Waals surface area contributed by atoms with Crippen molar-refractivity contribution in [3.63, 3.8) is 0 Å². The molecule has 0 spiro atoms. The Morgan fingerprint density at radius 3 is 2.19 bits per heavy atom. The van der Waals surface area contributed by atoms with E-state index in [1.807, 2.05) is 18.2 Å². The van der Waals surface area contributed by atoms with Gasteiger partial charge < -0.3 is 10.6 Å². The molecule has 3 rings (SSSR count). The molecule has 0 aliphatic heterocycles. The monoisotopic (exact) mass is 397 g/mol. The first-order valence-electron chi connectivity index (χ1n) is 8.74. The molecule has 0 bridgehead atoms. The quantitative estimate of drug-likeness (QED) is 0.388. The topological polar surface area (TPSA) is 41.6 Å². The van der Waals surface area contributed by atoms with Crippen LogP contribution in [-0.4, -0.2) is 12.8 Å². The lowest BCUT2D eigenvalue weighted by Gasteiger charge is -2.23. The van der Waals surface area contributed by atoms with E-state index in [4.69, 9.17) is 28.9 Å². The molecule has 0 saturated heterocycles. The van der Waals surface area contributed by atoms with Gasteiger partial charge in [0.15, 0.2) is 0 Å². The zero-order valence-electron chi connectivity index (χ0n) is 15.1. The van der Waals surface area contributed by atoms with Gasteiger partial charge in [0.05, 0.1) is 21.4 Å². The van der Waals surface area contributed by atoms with Gasteiger partial charge in [-0.25, -0.2) is 0 Å². The Morgan fingerprint density at radius 2 is 1.59 bits per heavy atom. The zero-order valence-corrected chi connectivity index (χ0v) is 16.6. The second-order valence-corrected chi connectivity index (χ2v) is 6.99. The molecule has 3 aromatic carbocycles. The molecule has 0 unspecified atom stereocenters. The van der Waals surface area contributed by atoms with Gasteiger partial charge in [0, 0.05) is 25.0 Å². The summed E-state index contributed by atoms with van der Waals surface area (Å²) in [6, 6.07) is 22.2. The molecule has 0 aromatic heterocycles. The number of nitrogens with two attached hydrogens (primary N) is 1. The lowest BCUT2D eigenvalue weighted by Crippen LogP contribution is -2.21. The molecule has 0 atom stereocenters. The number of anilines is 2. The molecule has 0 saturated carbocycles. The average molecular weight is 398 g/mol. The maximum Gasteiger partial charge on any atom is 0.0694 e. The standard InChI is InChI=1S/C22H21Cl2N3/c1-2-27(15-17-6-4-3-5-7-17)19-10-8-16(9-11-19)14-26-18-12-20(23)22(25)21(24)13-18/h3-14H,2,15,25H2,1H3. The number of hydrogen-bond acceptors (Lipinski definition) is 3. The van der Waals surface area contributed by atoms with Gasteiger partial charge in [-0.3, -0.25) is 4.99 Å². The van der Waals surface area contributed by atoms with Crippen LogP contribution in [-0.2, 0) is 6.54 Å². The van der Waals surface area contributed by atoms with Crippen molar-refractivity contribution in [1.82, 2.24) is 0 Å². The minimum Gasteiger partial charge on any atom is -0.396 e. The second kappa shape index (κ2) is 8.94. The largest absolute Gasteiger partial charge is 0.396 e. The van der Waals surface area contributed by atoms with Crippen LogP contribution in [0.2, 0.25) is 10.0 Å². The van der Waals surface area contributed by atoms with Crippen molar-refractivity contribution >= 4 is 46.5 Å². The van der Waals surface area contributed by atoms with Crippen LogP contribution in [0, 0.1) is 0 Å². The molecule has 0 radical (unpaired) electrons. The van der Waals surface area contributed by atoms with E-state index in [9.17, 15) is 0 Å². The van der Waals surface area contributed by atoms with E-state index in [1.165, 1.54) is 11.3 Å². The number of halogens is 2. The lowest BCUT2D eigenvalue weighted by atomic mass is 10.1. The van der Waals surface area contributed by atoms with Crippen LogP contribution in [0.1, 0.15) is 18.1 Å². The van der Waals surface area contributed by atoms with Crippen molar-refractivity contribution in [1.29, 1.82) is 0 Å². The van der Waals surface area contributed by atoms with E-state index in [1.54, 1.807) is 18.3 Å². The molecule has 0 amide bonds. The van der Waals surface area contributed by atoms with Crippen molar-refractivity contribution in [2.75, 3.05) is 17.2 Å². The number of benzene rings is 3. The fourth-order valence-electron chi connectivity index (χ4n) is 2.76. The average Bonchev–Trinajstić information content (AvgIpc) is 2.70. The molecule has 0 aliphatic carbocycles. The number of nitrogens with zero attached hydrogens (tertiary/aromatic N) is 2. The summed E-state index contributed by atoms with van der Waals surface area (Å²) in [5, 5.41) is 0.814. The number of aliphatic imine (C=N–C) groups is 1. The second-order valence-electron chi connectivity index (χ2n) is 6.17. The van der Waals surface area contributed by atoms with E-state index in [0.29, 0.717) is 21.4 Å². The Bertz CT molecular complexity index is 899. The minimum absolute atomic E-state index is 0.375. The van der Waals surface area contributed by atoms with E-state index in [2.05, 4.69) is 53.2 Å². The number of rotatable bonds is 6. The third kappa shape index (κ3) is 5.03. The van der Waals surface area contributed by atoms with Crippen LogP contribution in [0.3, 0.4) is 0 Å². The van der Waals surface area contributed by atoms with Crippen molar-refractivity contribution < 1.29 is 0 Å². The predicted octanol–water partition coefficient (Wildman–Crippen LogP) is 6.35. The van der Waals surface area contributed by atoms with Gasteiger partial charge in [-0.2, -0.15) is 0 Å². The summed E-state index contributed by atoms with van der Waals surface area (Å²) in [6.07, 6.45) is 1.79. The van der Waals surface area contributed by atoms with Crippen molar-refractivity contribution in [2.24, 2.45) is 4.99 Å². The molecular weight excluding hydrogens is 377 g/mol. The number of hydrogen-bond donors (Lipinski definition) is 1. The highest BCUT2D eigenvalue weighted by Gasteiger charge is 2.06. The molecule has 27 heavy (non-hydrogen) atoms. The SMILES string of the molecule is CCN(Cc1ccccc1)c1ccc(C=Nc2cc(Cl)c(N)c(Cl)c2)cc1. The van der Waals surface area contributed by atoms with E-state index in [0.717, 1.165) is 18.7 Å². The van der Waals surface area contributed by atoms with Gasteiger partial charge in [-0.1, -0.05) is 65.7 Å². The molecule has 3 nitrogen and oxygen atoms in total.